The van der Waals surface area contributed by atoms with Crippen molar-refractivity contribution in [3.8, 4) is 5.75 Å². The molecule has 2 aromatic heterocycles. The van der Waals surface area contributed by atoms with Gasteiger partial charge in [0.15, 0.2) is 11.6 Å². The van der Waals surface area contributed by atoms with Crippen LogP contribution in [-0.4, -0.2) is 44.9 Å². The number of anilines is 1. The molecule has 1 saturated heterocycles. The van der Waals surface area contributed by atoms with E-state index in [0.717, 1.165) is 24.5 Å². The van der Waals surface area contributed by atoms with Crippen LogP contribution < -0.4 is 16.1 Å². The second-order valence-electron chi connectivity index (χ2n) is 8.25. The van der Waals surface area contributed by atoms with E-state index in [9.17, 15) is 19.8 Å². The Morgan fingerprint density at radius 3 is 2.55 bits per heavy atom. The molecule has 2 aliphatic rings. The van der Waals surface area contributed by atoms with Crippen molar-refractivity contribution in [2.75, 3.05) is 18.0 Å². The average Bonchev–Trinajstić information content (AvgIpc) is 3.50. The maximum absolute atomic E-state index is 15.1. The fourth-order valence-corrected chi connectivity index (χ4v) is 4.32. The third kappa shape index (κ3) is 3.31. The number of aromatic nitrogens is 2. The van der Waals surface area contributed by atoms with Crippen molar-refractivity contribution in [2.24, 2.45) is 5.73 Å². The molecule has 31 heavy (non-hydrogen) atoms. The molecule has 5 rings (SSSR count). The zero-order valence-corrected chi connectivity index (χ0v) is 16.5. The predicted molar refractivity (Wildman–Crippen MR) is 112 cm³/mol. The van der Waals surface area contributed by atoms with E-state index in [4.69, 9.17) is 5.73 Å². The van der Waals surface area contributed by atoms with Crippen molar-refractivity contribution in [3.05, 3.63) is 63.7 Å². The Bertz CT molecular complexity index is 1250. The van der Waals surface area contributed by atoms with Gasteiger partial charge in [-0.1, -0.05) is 12.1 Å². The van der Waals surface area contributed by atoms with Gasteiger partial charge in [0, 0.05) is 37.3 Å². The van der Waals surface area contributed by atoms with E-state index in [-0.39, 0.29) is 46.2 Å². The quantitative estimate of drug-likeness (QED) is 0.587. The molecular formula is C22H21FN4O4. The highest BCUT2D eigenvalue weighted by molar-refractivity contribution is 5.92. The number of rotatable bonds is 4. The summed E-state index contributed by atoms with van der Waals surface area (Å²) in [5.74, 6) is -1.84. The summed E-state index contributed by atoms with van der Waals surface area (Å²) in [6, 6.07) is 7.66. The number of fused-ring (bicyclic) bond motifs is 1. The molecule has 3 heterocycles. The Morgan fingerprint density at radius 2 is 1.90 bits per heavy atom. The predicted octanol–water partition coefficient (Wildman–Crippen LogP) is 2.21. The summed E-state index contributed by atoms with van der Waals surface area (Å²) < 4.78 is 16.7. The van der Waals surface area contributed by atoms with E-state index < -0.39 is 17.2 Å². The van der Waals surface area contributed by atoms with Gasteiger partial charge in [-0.25, -0.2) is 14.2 Å². The lowest BCUT2D eigenvalue weighted by Crippen LogP contribution is -2.29. The SMILES string of the molecule is N[C@@H]1CN(c2nc3c(cc2F)c(=O)c(C(=O)O)cn3C2CC2)C[C@H]1c1ccc(O)cc1. The Labute approximate surface area is 176 Å². The average molecular weight is 424 g/mol. The van der Waals surface area contributed by atoms with E-state index in [2.05, 4.69) is 4.98 Å². The number of carboxylic acids is 1. The minimum Gasteiger partial charge on any atom is -0.508 e. The highest BCUT2D eigenvalue weighted by Gasteiger charge is 2.34. The molecule has 2 fully saturated rings. The van der Waals surface area contributed by atoms with Crippen LogP contribution in [0.1, 0.15) is 40.7 Å². The molecule has 0 radical (unpaired) electrons. The summed E-state index contributed by atoms with van der Waals surface area (Å²) in [5, 5.41) is 18.8. The largest absolute Gasteiger partial charge is 0.508 e. The summed E-state index contributed by atoms with van der Waals surface area (Å²) in [6.45, 7) is 0.810. The lowest BCUT2D eigenvalue weighted by Gasteiger charge is -2.20. The second kappa shape index (κ2) is 7.05. The van der Waals surface area contributed by atoms with Gasteiger partial charge in [-0.3, -0.25) is 4.79 Å². The number of halogens is 1. The number of aromatic carboxylic acids is 1. The normalized spacial score (nSPS) is 21.0. The van der Waals surface area contributed by atoms with Crippen LogP contribution >= 0.6 is 0 Å². The number of phenolic OH excluding ortho intramolecular Hbond substituents is 1. The third-order valence-electron chi connectivity index (χ3n) is 6.10. The summed E-state index contributed by atoms with van der Waals surface area (Å²) in [7, 11) is 0. The van der Waals surface area contributed by atoms with Crippen molar-refractivity contribution in [1.29, 1.82) is 0 Å². The number of nitrogens with two attached hydrogens (primary N) is 1. The van der Waals surface area contributed by atoms with Gasteiger partial charge >= 0.3 is 5.97 Å². The Balaban J connectivity index is 1.58. The molecule has 1 saturated carbocycles. The Hall–Kier alpha value is -3.46. The summed E-state index contributed by atoms with van der Waals surface area (Å²) in [5.41, 5.74) is 6.43. The molecule has 160 valence electrons. The first-order valence-electron chi connectivity index (χ1n) is 10.1. The molecule has 0 unspecified atom stereocenters. The van der Waals surface area contributed by atoms with Crippen LogP contribution in [-0.2, 0) is 0 Å². The first-order chi connectivity index (χ1) is 14.8. The van der Waals surface area contributed by atoms with Gasteiger partial charge in [-0.15, -0.1) is 0 Å². The molecular weight excluding hydrogens is 403 g/mol. The number of benzene rings is 1. The van der Waals surface area contributed by atoms with Gasteiger partial charge in [0.2, 0.25) is 5.43 Å². The smallest absolute Gasteiger partial charge is 0.341 e. The van der Waals surface area contributed by atoms with Crippen LogP contribution in [0.15, 0.2) is 41.3 Å². The summed E-state index contributed by atoms with van der Waals surface area (Å²) in [6.07, 6.45) is 3.01. The number of hydrogen-bond donors (Lipinski definition) is 3. The third-order valence-corrected chi connectivity index (χ3v) is 6.10. The molecule has 0 bridgehead atoms. The van der Waals surface area contributed by atoms with Crippen molar-refractivity contribution in [3.63, 3.8) is 0 Å². The fraction of sp³-hybridized carbons (Fsp3) is 0.318. The molecule has 1 aliphatic carbocycles. The molecule has 1 aromatic carbocycles. The maximum Gasteiger partial charge on any atom is 0.341 e. The van der Waals surface area contributed by atoms with Gasteiger partial charge in [0.25, 0.3) is 0 Å². The number of carbonyl (C=O) groups is 1. The van der Waals surface area contributed by atoms with E-state index in [1.807, 2.05) is 0 Å². The van der Waals surface area contributed by atoms with Crippen molar-refractivity contribution in [2.45, 2.75) is 30.8 Å². The van der Waals surface area contributed by atoms with Crippen molar-refractivity contribution >= 4 is 22.8 Å². The molecule has 1 aliphatic heterocycles. The van der Waals surface area contributed by atoms with Crippen molar-refractivity contribution < 1.29 is 19.4 Å². The van der Waals surface area contributed by atoms with E-state index >= 15 is 4.39 Å². The van der Waals surface area contributed by atoms with Gasteiger partial charge in [-0.05, 0) is 36.6 Å². The van der Waals surface area contributed by atoms with Crippen molar-refractivity contribution in [1.82, 2.24) is 9.55 Å². The number of nitrogens with zero attached hydrogens (tertiary/aromatic N) is 3. The van der Waals surface area contributed by atoms with Gasteiger partial charge in [0.1, 0.15) is 17.0 Å². The molecule has 0 amide bonds. The molecule has 9 heteroatoms. The van der Waals surface area contributed by atoms with Crippen LogP contribution in [0.25, 0.3) is 11.0 Å². The number of aromatic hydroxyl groups is 1. The number of phenols is 1. The minimum absolute atomic E-state index is 0.0355. The summed E-state index contributed by atoms with van der Waals surface area (Å²) in [4.78, 5) is 30.3. The van der Waals surface area contributed by atoms with E-state index in [1.54, 1.807) is 33.7 Å². The van der Waals surface area contributed by atoms with Crippen LogP contribution in [0.2, 0.25) is 0 Å². The lowest BCUT2D eigenvalue weighted by molar-refractivity contribution is 0.0695. The Kier molecular flexibility index (Phi) is 4.44. The second-order valence-corrected chi connectivity index (χ2v) is 8.25. The fourth-order valence-electron chi connectivity index (χ4n) is 4.32. The number of pyridine rings is 2. The number of hydrogen-bond acceptors (Lipinski definition) is 6. The van der Waals surface area contributed by atoms with Crippen LogP contribution in [0.3, 0.4) is 0 Å². The van der Waals surface area contributed by atoms with Crippen LogP contribution in [0.5, 0.6) is 5.75 Å². The van der Waals surface area contributed by atoms with Crippen LogP contribution in [0, 0.1) is 5.82 Å². The first kappa shape index (κ1) is 19.5. The maximum atomic E-state index is 15.1. The number of carboxylic acid groups (broad SMARTS) is 1. The zero-order chi connectivity index (χ0) is 21.9. The van der Waals surface area contributed by atoms with E-state index in [1.165, 1.54) is 6.20 Å². The van der Waals surface area contributed by atoms with Gasteiger partial charge in [0.05, 0.1) is 5.39 Å². The van der Waals surface area contributed by atoms with Gasteiger partial charge in [-0.2, -0.15) is 0 Å². The standard InChI is InChI=1S/C22H21FN4O4/c23-17-7-14-19(29)16(22(30)31)9-27(12-3-4-12)20(14)25-21(17)26-8-15(18(24)10-26)11-1-5-13(28)6-2-11/h1-2,5-7,9,12,15,18,28H,3-4,8,10,24H2,(H,30,31)/t15-,18+/m0/s1. The molecule has 0 spiro atoms. The molecule has 8 nitrogen and oxygen atoms in total. The zero-order valence-electron chi connectivity index (χ0n) is 16.5. The monoisotopic (exact) mass is 424 g/mol. The topological polar surface area (TPSA) is 122 Å². The summed E-state index contributed by atoms with van der Waals surface area (Å²) >= 11 is 0. The molecule has 2 atom stereocenters. The first-order valence-corrected chi connectivity index (χ1v) is 10.1. The highest BCUT2D eigenvalue weighted by atomic mass is 19.1. The van der Waals surface area contributed by atoms with E-state index in [0.29, 0.717) is 13.1 Å². The Morgan fingerprint density at radius 1 is 1.19 bits per heavy atom. The highest BCUT2D eigenvalue weighted by Crippen LogP contribution is 2.38. The van der Waals surface area contributed by atoms with Crippen LogP contribution in [0.4, 0.5) is 10.2 Å². The molecule has 3 aromatic rings. The lowest BCUT2D eigenvalue weighted by atomic mass is 9.95. The molecule has 4 N–H and O–H groups in total. The minimum atomic E-state index is -1.34. The van der Waals surface area contributed by atoms with Gasteiger partial charge < -0.3 is 25.4 Å².